The lowest BCUT2D eigenvalue weighted by Crippen LogP contribution is -2.42. The molecule has 0 spiro atoms. The molecule has 1 N–H and O–H groups in total. The first kappa shape index (κ1) is 12.4. The molecule has 0 heterocycles. The Bertz CT molecular complexity index is 291. The van der Waals surface area contributed by atoms with E-state index in [0.29, 0.717) is 0 Å². The highest BCUT2D eigenvalue weighted by atomic mass is 32.2. The number of nitrogens with one attached hydrogen (secondary N) is 1. The van der Waals surface area contributed by atoms with Gasteiger partial charge in [-0.05, 0) is 5.92 Å². The molecule has 0 aliphatic heterocycles. The fourth-order valence-corrected chi connectivity index (χ4v) is 1.16. The smallest absolute Gasteiger partial charge is 0.239 e. The Morgan fingerprint density at radius 2 is 1.69 bits per heavy atom. The molecule has 5 heteroatoms. The SMILES string of the molecule is CC(C)C(C)(C)C(=O)NS(C)(=O)=O. The van der Waals surface area contributed by atoms with Crippen molar-refractivity contribution in [3.05, 3.63) is 0 Å². The quantitative estimate of drug-likeness (QED) is 0.742. The molecule has 0 aliphatic rings. The normalized spacial score (nSPS) is 13.1. The number of carbonyl (C=O) groups is 1. The maximum absolute atomic E-state index is 11.4. The predicted octanol–water partition coefficient (Wildman–Crippen LogP) is 0.744. The summed E-state index contributed by atoms with van der Waals surface area (Å²) >= 11 is 0. The molecule has 0 radical (unpaired) electrons. The lowest BCUT2D eigenvalue weighted by Gasteiger charge is -2.26. The van der Waals surface area contributed by atoms with Crippen molar-refractivity contribution >= 4 is 15.9 Å². The topological polar surface area (TPSA) is 63.2 Å². The Kier molecular flexibility index (Phi) is 3.49. The van der Waals surface area contributed by atoms with Crippen molar-refractivity contribution in [2.24, 2.45) is 11.3 Å². The maximum atomic E-state index is 11.4. The minimum atomic E-state index is -3.44. The first-order chi connectivity index (χ1) is 5.57. The van der Waals surface area contributed by atoms with Crippen molar-refractivity contribution in [3.8, 4) is 0 Å². The van der Waals surface area contributed by atoms with Gasteiger partial charge in [0.1, 0.15) is 0 Å². The predicted molar refractivity (Wildman–Crippen MR) is 51.6 cm³/mol. The van der Waals surface area contributed by atoms with E-state index in [1.54, 1.807) is 13.8 Å². The van der Waals surface area contributed by atoms with E-state index in [0.717, 1.165) is 6.26 Å². The molecule has 0 unspecified atom stereocenters. The molecule has 0 aromatic heterocycles. The van der Waals surface area contributed by atoms with Gasteiger partial charge in [-0.2, -0.15) is 0 Å². The highest BCUT2D eigenvalue weighted by Crippen LogP contribution is 2.26. The second-order valence-electron chi connectivity index (χ2n) is 4.08. The summed E-state index contributed by atoms with van der Waals surface area (Å²) in [5, 5.41) is 0. The molecular weight excluding hydrogens is 190 g/mol. The fraction of sp³-hybridized carbons (Fsp3) is 0.875. The summed E-state index contributed by atoms with van der Waals surface area (Å²) in [5.41, 5.74) is -0.664. The first-order valence-electron chi connectivity index (χ1n) is 4.09. The highest BCUT2D eigenvalue weighted by Gasteiger charge is 2.32. The lowest BCUT2D eigenvalue weighted by molar-refractivity contribution is -0.129. The highest BCUT2D eigenvalue weighted by molar-refractivity contribution is 7.89. The Balaban J connectivity index is 4.63. The standard InChI is InChI=1S/C8H17NO3S/c1-6(2)8(3,4)7(10)9-13(5,11)12/h6H,1-5H3,(H,9,10). The van der Waals surface area contributed by atoms with Crippen LogP contribution in [-0.2, 0) is 14.8 Å². The van der Waals surface area contributed by atoms with E-state index in [9.17, 15) is 13.2 Å². The van der Waals surface area contributed by atoms with Crippen molar-refractivity contribution in [2.75, 3.05) is 6.26 Å². The van der Waals surface area contributed by atoms with Crippen molar-refractivity contribution in [3.63, 3.8) is 0 Å². The van der Waals surface area contributed by atoms with E-state index in [2.05, 4.69) is 0 Å². The van der Waals surface area contributed by atoms with Crippen molar-refractivity contribution in [2.45, 2.75) is 27.7 Å². The van der Waals surface area contributed by atoms with Crippen molar-refractivity contribution in [1.29, 1.82) is 0 Å². The summed E-state index contributed by atoms with van der Waals surface area (Å²) in [4.78, 5) is 11.4. The molecule has 1 amide bonds. The molecule has 0 aromatic rings. The van der Waals surface area contributed by atoms with Gasteiger partial charge in [-0.25, -0.2) is 8.42 Å². The molecular formula is C8H17NO3S. The Hall–Kier alpha value is -0.580. The molecule has 0 aliphatic carbocycles. The van der Waals surface area contributed by atoms with E-state index >= 15 is 0 Å². The third-order valence-electron chi connectivity index (χ3n) is 2.31. The number of sulfonamides is 1. The van der Waals surface area contributed by atoms with Gasteiger partial charge >= 0.3 is 0 Å². The third kappa shape index (κ3) is 3.76. The summed E-state index contributed by atoms with van der Waals surface area (Å²) in [7, 11) is -3.44. The summed E-state index contributed by atoms with van der Waals surface area (Å²) < 4.78 is 23.5. The van der Waals surface area contributed by atoms with Crippen LogP contribution >= 0.6 is 0 Å². The van der Waals surface area contributed by atoms with Gasteiger partial charge < -0.3 is 0 Å². The number of rotatable bonds is 3. The van der Waals surface area contributed by atoms with E-state index in [-0.39, 0.29) is 5.92 Å². The first-order valence-corrected chi connectivity index (χ1v) is 5.98. The van der Waals surface area contributed by atoms with Gasteiger partial charge in [0.15, 0.2) is 0 Å². The number of amides is 1. The monoisotopic (exact) mass is 207 g/mol. The minimum Gasteiger partial charge on any atom is -0.273 e. The second kappa shape index (κ2) is 3.65. The zero-order valence-corrected chi connectivity index (χ0v) is 9.53. The van der Waals surface area contributed by atoms with E-state index in [1.807, 2.05) is 18.6 Å². The molecule has 4 nitrogen and oxygen atoms in total. The van der Waals surface area contributed by atoms with E-state index in [1.165, 1.54) is 0 Å². The summed E-state index contributed by atoms with van der Waals surface area (Å²) in [6.07, 6.45) is 0.974. The molecule has 0 atom stereocenters. The Labute approximate surface area is 79.8 Å². The van der Waals surface area contributed by atoms with Crippen LogP contribution in [0.2, 0.25) is 0 Å². The van der Waals surface area contributed by atoms with Gasteiger partial charge in [0.2, 0.25) is 15.9 Å². The van der Waals surface area contributed by atoms with Gasteiger partial charge in [0.25, 0.3) is 0 Å². The average molecular weight is 207 g/mol. The summed E-state index contributed by atoms with van der Waals surface area (Å²) in [5.74, 6) is -0.362. The molecule has 13 heavy (non-hydrogen) atoms. The van der Waals surface area contributed by atoms with Crippen LogP contribution in [-0.4, -0.2) is 20.6 Å². The molecule has 78 valence electrons. The number of hydrogen-bond donors (Lipinski definition) is 1. The van der Waals surface area contributed by atoms with E-state index in [4.69, 9.17) is 0 Å². The van der Waals surface area contributed by atoms with Crippen LogP contribution in [0.1, 0.15) is 27.7 Å². The van der Waals surface area contributed by atoms with Gasteiger partial charge in [0, 0.05) is 5.41 Å². The molecule has 0 fully saturated rings. The van der Waals surface area contributed by atoms with Crippen LogP contribution in [0.3, 0.4) is 0 Å². The van der Waals surface area contributed by atoms with Crippen LogP contribution in [0.15, 0.2) is 0 Å². The molecule has 0 bridgehead atoms. The van der Waals surface area contributed by atoms with Crippen LogP contribution in [0.25, 0.3) is 0 Å². The number of hydrogen-bond acceptors (Lipinski definition) is 3. The van der Waals surface area contributed by atoms with Gasteiger partial charge in [-0.3, -0.25) is 9.52 Å². The summed E-state index contributed by atoms with van der Waals surface area (Å²) in [6, 6.07) is 0. The third-order valence-corrected chi connectivity index (χ3v) is 2.86. The average Bonchev–Trinajstić information content (AvgIpc) is 1.82. The molecule has 0 rings (SSSR count). The Morgan fingerprint density at radius 3 is 1.92 bits per heavy atom. The molecule has 0 aromatic carbocycles. The van der Waals surface area contributed by atoms with Crippen molar-refractivity contribution in [1.82, 2.24) is 4.72 Å². The largest absolute Gasteiger partial charge is 0.273 e. The number of carbonyl (C=O) groups excluding carboxylic acids is 1. The Morgan fingerprint density at radius 1 is 1.31 bits per heavy atom. The molecule has 0 saturated heterocycles. The van der Waals surface area contributed by atoms with Crippen LogP contribution in [0.4, 0.5) is 0 Å². The summed E-state index contributed by atoms with van der Waals surface area (Å²) in [6.45, 7) is 7.19. The van der Waals surface area contributed by atoms with Crippen molar-refractivity contribution < 1.29 is 13.2 Å². The molecule has 0 saturated carbocycles. The zero-order chi connectivity index (χ0) is 10.9. The van der Waals surface area contributed by atoms with Gasteiger partial charge in [-0.1, -0.05) is 27.7 Å². The minimum absolute atomic E-state index is 0.0919. The second-order valence-corrected chi connectivity index (χ2v) is 5.83. The van der Waals surface area contributed by atoms with E-state index < -0.39 is 21.3 Å². The zero-order valence-electron chi connectivity index (χ0n) is 8.71. The lowest BCUT2D eigenvalue weighted by atomic mass is 9.81. The fourth-order valence-electron chi connectivity index (χ4n) is 0.562. The van der Waals surface area contributed by atoms with Gasteiger partial charge in [0.05, 0.1) is 6.26 Å². The maximum Gasteiger partial charge on any atom is 0.239 e. The van der Waals surface area contributed by atoms with Gasteiger partial charge in [-0.15, -0.1) is 0 Å². The van der Waals surface area contributed by atoms with Crippen LogP contribution in [0.5, 0.6) is 0 Å². The van der Waals surface area contributed by atoms with Crippen LogP contribution in [0, 0.1) is 11.3 Å². The van der Waals surface area contributed by atoms with Crippen LogP contribution < -0.4 is 4.72 Å².